The van der Waals surface area contributed by atoms with Gasteiger partial charge in [-0.25, -0.2) is 9.78 Å². The zero-order chi connectivity index (χ0) is 26.3. The van der Waals surface area contributed by atoms with Gasteiger partial charge in [-0.3, -0.25) is 4.90 Å². The summed E-state index contributed by atoms with van der Waals surface area (Å²) in [6.45, 7) is 11.6. The maximum absolute atomic E-state index is 12.4. The lowest BCUT2D eigenvalue weighted by Gasteiger charge is -2.47. The van der Waals surface area contributed by atoms with Crippen LogP contribution in [0, 0.1) is 0 Å². The van der Waals surface area contributed by atoms with Gasteiger partial charge in [0.25, 0.3) is 0 Å². The first-order chi connectivity index (χ1) is 18.3. The predicted molar refractivity (Wildman–Crippen MR) is 146 cm³/mol. The Labute approximate surface area is 225 Å². The molecule has 4 aliphatic heterocycles. The summed E-state index contributed by atoms with van der Waals surface area (Å²) < 4.78 is 17.4. The molecule has 8 heteroatoms. The Morgan fingerprint density at radius 3 is 2.55 bits per heavy atom. The summed E-state index contributed by atoms with van der Waals surface area (Å²) in [6, 6.07) is 9.27. The van der Waals surface area contributed by atoms with Crippen LogP contribution in [0.5, 0.6) is 5.75 Å². The Balaban J connectivity index is 1.07. The normalized spacial score (nSPS) is 21.4. The fourth-order valence-electron chi connectivity index (χ4n) is 6.22. The van der Waals surface area contributed by atoms with Crippen molar-refractivity contribution < 1.29 is 19.0 Å². The molecule has 1 aromatic heterocycles. The highest BCUT2D eigenvalue weighted by molar-refractivity contribution is 5.70. The maximum atomic E-state index is 12.4. The van der Waals surface area contributed by atoms with Crippen LogP contribution in [0.25, 0.3) is 0 Å². The van der Waals surface area contributed by atoms with Gasteiger partial charge in [0.05, 0.1) is 5.69 Å². The van der Waals surface area contributed by atoms with Crippen molar-refractivity contribution in [2.75, 3.05) is 44.7 Å². The lowest BCUT2D eigenvalue weighted by atomic mass is 9.87. The molecule has 3 fully saturated rings. The molecule has 6 rings (SSSR count). The molecule has 0 bridgehead atoms. The van der Waals surface area contributed by atoms with E-state index in [2.05, 4.69) is 39.5 Å². The molecule has 0 radical (unpaired) electrons. The minimum absolute atomic E-state index is 0.187. The Kier molecular flexibility index (Phi) is 6.95. The Bertz CT molecular complexity index is 1160. The number of hydrogen-bond donors (Lipinski definition) is 1. The first-order valence-electron chi connectivity index (χ1n) is 14.2. The predicted octanol–water partition coefficient (Wildman–Crippen LogP) is 5.41. The van der Waals surface area contributed by atoms with Gasteiger partial charge < -0.3 is 24.4 Å². The van der Waals surface area contributed by atoms with Crippen molar-refractivity contribution in [2.45, 2.75) is 76.5 Å². The summed E-state index contributed by atoms with van der Waals surface area (Å²) in [4.78, 5) is 21.5. The SMILES string of the molecule is CC(C)(C)OC(=O)N1CCC(N2CC(c3ccc4c(c3)Nc3nccc(C5CCOCC5)c3CO4)C2)CC1. The van der Waals surface area contributed by atoms with Crippen LogP contribution in [0.15, 0.2) is 30.5 Å². The lowest BCUT2D eigenvalue weighted by Crippen LogP contribution is -2.55. The van der Waals surface area contributed by atoms with E-state index < -0.39 is 5.60 Å². The smallest absolute Gasteiger partial charge is 0.410 e. The first kappa shape index (κ1) is 25.4. The quantitative estimate of drug-likeness (QED) is 0.580. The highest BCUT2D eigenvalue weighted by Gasteiger charge is 2.36. The van der Waals surface area contributed by atoms with E-state index in [0.717, 1.165) is 82.3 Å². The second-order valence-electron chi connectivity index (χ2n) is 12.1. The molecule has 1 amide bonds. The molecule has 1 aromatic carbocycles. The van der Waals surface area contributed by atoms with Crippen molar-refractivity contribution in [3.63, 3.8) is 0 Å². The first-order valence-corrected chi connectivity index (χ1v) is 14.2. The molecular formula is C30H40N4O4. The molecule has 0 saturated carbocycles. The van der Waals surface area contributed by atoms with Crippen molar-refractivity contribution in [1.82, 2.24) is 14.8 Å². The molecule has 2 aromatic rings. The van der Waals surface area contributed by atoms with E-state index >= 15 is 0 Å². The standard InChI is InChI=1S/C30H40N4O4/c1-30(2,3)38-29(35)33-12-7-23(8-13-33)34-17-22(18-34)21-4-5-27-26(16-21)32-28-25(19-37-27)24(6-11-31-28)20-9-14-36-15-10-20/h4-6,11,16,20,22-23H,7-10,12-15,17-19H2,1-3H3,(H,31,32). The fourth-order valence-corrected chi connectivity index (χ4v) is 6.22. The van der Waals surface area contributed by atoms with Gasteiger partial charge in [-0.15, -0.1) is 0 Å². The van der Waals surface area contributed by atoms with E-state index in [1.54, 1.807) is 0 Å². The number of benzene rings is 1. The fraction of sp³-hybridized carbons (Fsp3) is 0.600. The third-order valence-corrected chi connectivity index (χ3v) is 8.40. The van der Waals surface area contributed by atoms with Crippen LogP contribution in [-0.4, -0.2) is 71.9 Å². The van der Waals surface area contributed by atoms with Gasteiger partial charge in [0, 0.05) is 63.1 Å². The number of nitrogens with zero attached hydrogens (tertiary/aromatic N) is 3. The highest BCUT2D eigenvalue weighted by Crippen LogP contribution is 2.41. The van der Waals surface area contributed by atoms with Crippen LogP contribution in [0.2, 0.25) is 0 Å². The number of pyridine rings is 1. The van der Waals surface area contributed by atoms with Crippen LogP contribution in [0.1, 0.15) is 75.0 Å². The molecular weight excluding hydrogens is 480 g/mol. The number of rotatable bonds is 3. The minimum atomic E-state index is -0.447. The zero-order valence-corrected chi connectivity index (χ0v) is 22.9. The number of likely N-dealkylation sites (tertiary alicyclic amines) is 2. The minimum Gasteiger partial charge on any atom is -0.487 e. The number of aromatic nitrogens is 1. The second kappa shape index (κ2) is 10.4. The number of fused-ring (bicyclic) bond motifs is 2. The molecule has 3 saturated heterocycles. The van der Waals surface area contributed by atoms with Gasteiger partial charge in [0.15, 0.2) is 0 Å². The van der Waals surface area contributed by atoms with E-state index in [1.165, 1.54) is 16.7 Å². The van der Waals surface area contributed by atoms with Crippen LogP contribution < -0.4 is 10.1 Å². The molecule has 0 atom stereocenters. The summed E-state index contributed by atoms with van der Waals surface area (Å²) >= 11 is 0. The van der Waals surface area contributed by atoms with Gasteiger partial charge in [0.1, 0.15) is 23.8 Å². The summed E-state index contributed by atoms with van der Waals surface area (Å²) in [5.41, 5.74) is 4.40. The van der Waals surface area contributed by atoms with Crippen molar-refractivity contribution in [3.8, 4) is 5.75 Å². The summed E-state index contributed by atoms with van der Waals surface area (Å²) in [7, 11) is 0. The molecule has 8 nitrogen and oxygen atoms in total. The van der Waals surface area contributed by atoms with E-state index in [1.807, 2.05) is 31.9 Å². The van der Waals surface area contributed by atoms with E-state index in [-0.39, 0.29) is 6.09 Å². The van der Waals surface area contributed by atoms with Crippen LogP contribution in [0.3, 0.4) is 0 Å². The number of hydrogen-bond acceptors (Lipinski definition) is 7. The number of ether oxygens (including phenoxy) is 3. The topological polar surface area (TPSA) is 76.2 Å². The van der Waals surface area contributed by atoms with Crippen molar-refractivity contribution >= 4 is 17.6 Å². The molecule has 38 heavy (non-hydrogen) atoms. The van der Waals surface area contributed by atoms with Crippen LogP contribution >= 0.6 is 0 Å². The second-order valence-corrected chi connectivity index (χ2v) is 12.1. The average Bonchev–Trinajstić information content (AvgIpc) is 3.06. The Morgan fingerprint density at radius 2 is 1.82 bits per heavy atom. The molecule has 204 valence electrons. The summed E-state index contributed by atoms with van der Waals surface area (Å²) in [6.07, 6.45) is 5.83. The zero-order valence-electron chi connectivity index (χ0n) is 22.9. The van der Waals surface area contributed by atoms with Crippen molar-refractivity contribution in [1.29, 1.82) is 0 Å². The van der Waals surface area contributed by atoms with E-state index in [9.17, 15) is 4.79 Å². The lowest BCUT2D eigenvalue weighted by molar-refractivity contribution is 0.00591. The maximum Gasteiger partial charge on any atom is 0.410 e. The van der Waals surface area contributed by atoms with E-state index in [0.29, 0.717) is 24.5 Å². The molecule has 1 N–H and O–H groups in total. The number of carbonyl (C=O) groups is 1. The number of anilines is 2. The van der Waals surface area contributed by atoms with Gasteiger partial charge in [-0.05, 0) is 81.7 Å². The molecule has 4 aliphatic rings. The monoisotopic (exact) mass is 520 g/mol. The third-order valence-electron chi connectivity index (χ3n) is 8.40. The van der Waals surface area contributed by atoms with Gasteiger partial charge >= 0.3 is 6.09 Å². The van der Waals surface area contributed by atoms with Gasteiger partial charge in [-0.1, -0.05) is 6.07 Å². The van der Waals surface area contributed by atoms with Crippen molar-refractivity contribution in [3.05, 3.63) is 47.2 Å². The van der Waals surface area contributed by atoms with Crippen molar-refractivity contribution in [2.24, 2.45) is 0 Å². The molecule has 0 aliphatic carbocycles. The number of amides is 1. The van der Waals surface area contributed by atoms with E-state index in [4.69, 9.17) is 14.2 Å². The summed E-state index contributed by atoms with van der Waals surface area (Å²) in [5, 5.41) is 3.60. The highest BCUT2D eigenvalue weighted by atomic mass is 16.6. The number of carbonyl (C=O) groups excluding carboxylic acids is 1. The summed E-state index contributed by atoms with van der Waals surface area (Å²) in [5.74, 6) is 2.81. The molecule has 0 spiro atoms. The number of piperidine rings is 1. The molecule has 0 unspecified atom stereocenters. The third kappa shape index (κ3) is 5.34. The van der Waals surface area contributed by atoms with Crippen LogP contribution in [-0.2, 0) is 16.1 Å². The Hall–Kier alpha value is -2.84. The number of nitrogens with one attached hydrogen (secondary N) is 1. The largest absolute Gasteiger partial charge is 0.487 e. The van der Waals surface area contributed by atoms with Gasteiger partial charge in [-0.2, -0.15) is 0 Å². The Morgan fingerprint density at radius 1 is 1.05 bits per heavy atom. The average molecular weight is 521 g/mol. The van der Waals surface area contributed by atoms with Gasteiger partial charge in [0.2, 0.25) is 0 Å². The molecule has 5 heterocycles. The van der Waals surface area contributed by atoms with Crippen LogP contribution in [0.4, 0.5) is 16.3 Å².